The van der Waals surface area contributed by atoms with Gasteiger partial charge in [-0.1, -0.05) is 36.6 Å². The van der Waals surface area contributed by atoms with E-state index in [0.29, 0.717) is 24.6 Å². The number of hydrogen-bond acceptors (Lipinski definition) is 4. The molecule has 160 valence electrons. The fourth-order valence-corrected chi connectivity index (χ4v) is 4.35. The van der Waals surface area contributed by atoms with Crippen molar-refractivity contribution < 1.29 is 9.59 Å². The van der Waals surface area contributed by atoms with Gasteiger partial charge < -0.3 is 10.2 Å². The molecule has 1 aliphatic carbocycles. The lowest BCUT2D eigenvalue weighted by atomic mass is 10.1. The van der Waals surface area contributed by atoms with E-state index in [1.54, 1.807) is 17.8 Å². The largest absolute Gasteiger partial charge is 0.335 e. The first-order chi connectivity index (χ1) is 14.5. The molecule has 1 aliphatic heterocycles. The van der Waals surface area contributed by atoms with Crippen molar-refractivity contribution in [1.29, 1.82) is 0 Å². The minimum atomic E-state index is -0.0851. The molecule has 2 amide bonds. The van der Waals surface area contributed by atoms with Crippen molar-refractivity contribution in [3.63, 3.8) is 0 Å². The Labute approximate surface area is 182 Å². The van der Waals surface area contributed by atoms with Gasteiger partial charge in [-0.3, -0.25) is 19.2 Å². The number of carbonyl (C=O) groups excluding carboxylic acids is 2. The first-order valence-electron chi connectivity index (χ1n) is 10.6. The number of piperazine rings is 1. The summed E-state index contributed by atoms with van der Waals surface area (Å²) >= 11 is 5.95. The van der Waals surface area contributed by atoms with Crippen LogP contribution in [0.4, 0.5) is 5.82 Å². The number of amides is 2. The van der Waals surface area contributed by atoms with E-state index in [2.05, 4.69) is 15.3 Å². The summed E-state index contributed by atoms with van der Waals surface area (Å²) < 4.78 is 1.58. The van der Waals surface area contributed by atoms with Crippen molar-refractivity contribution in [2.75, 3.05) is 31.5 Å². The van der Waals surface area contributed by atoms with Crippen molar-refractivity contribution in [3.05, 3.63) is 46.6 Å². The molecular weight excluding hydrogens is 402 g/mol. The van der Waals surface area contributed by atoms with Crippen molar-refractivity contribution in [1.82, 2.24) is 19.6 Å². The molecule has 2 aliphatic rings. The summed E-state index contributed by atoms with van der Waals surface area (Å²) in [6.07, 6.45) is 4.10. The van der Waals surface area contributed by atoms with Crippen molar-refractivity contribution >= 4 is 29.2 Å². The van der Waals surface area contributed by atoms with E-state index in [4.69, 9.17) is 11.6 Å². The molecule has 0 atom stereocenters. The summed E-state index contributed by atoms with van der Waals surface area (Å²) in [6, 6.07) is 9.57. The van der Waals surface area contributed by atoms with E-state index in [-0.39, 0.29) is 17.7 Å². The average Bonchev–Trinajstić information content (AvgIpc) is 3.40. The molecule has 2 fully saturated rings. The molecular formula is C22H28ClN5O2. The van der Waals surface area contributed by atoms with Gasteiger partial charge in [0.15, 0.2) is 5.69 Å². The van der Waals surface area contributed by atoms with Crippen LogP contribution in [-0.4, -0.2) is 57.6 Å². The SMILES string of the molecule is Cn1nc(C(=O)N2CCN(Cc3ccc(Cl)cc3)CC2)cc1NC(=O)C1CCCC1. The second kappa shape index (κ2) is 9.18. The first-order valence-corrected chi connectivity index (χ1v) is 11.0. The molecule has 0 radical (unpaired) electrons. The van der Waals surface area contributed by atoms with Gasteiger partial charge in [-0.25, -0.2) is 0 Å². The minimum absolute atomic E-state index is 0.0327. The predicted octanol–water partition coefficient (Wildman–Crippen LogP) is 3.16. The Balaban J connectivity index is 1.31. The molecule has 7 nitrogen and oxygen atoms in total. The van der Waals surface area contributed by atoms with Gasteiger partial charge >= 0.3 is 0 Å². The van der Waals surface area contributed by atoms with Gasteiger partial charge in [0.05, 0.1) is 0 Å². The van der Waals surface area contributed by atoms with Crippen molar-refractivity contribution in [3.8, 4) is 0 Å². The number of carbonyl (C=O) groups is 2. The third kappa shape index (κ3) is 4.84. The van der Waals surface area contributed by atoms with Crippen LogP contribution in [0.15, 0.2) is 30.3 Å². The van der Waals surface area contributed by atoms with Crippen molar-refractivity contribution in [2.45, 2.75) is 32.2 Å². The standard InChI is InChI=1S/C22H28ClN5O2/c1-26-20(24-21(29)17-4-2-3-5-17)14-19(25-26)22(30)28-12-10-27(11-13-28)15-16-6-8-18(23)9-7-16/h6-9,14,17H,2-5,10-13,15H2,1H3,(H,24,29). The maximum atomic E-state index is 12.9. The maximum Gasteiger partial charge on any atom is 0.274 e. The summed E-state index contributed by atoms with van der Waals surface area (Å²) in [7, 11) is 1.76. The highest BCUT2D eigenvalue weighted by Gasteiger charge is 2.26. The van der Waals surface area contributed by atoms with Crippen molar-refractivity contribution in [2.24, 2.45) is 13.0 Å². The lowest BCUT2D eigenvalue weighted by Gasteiger charge is -2.34. The fraction of sp³-hybridized carbons (Fsp3) is 0.500. The Kier molecular flexibility index (Phi) is 6.39. The summed E-state index contributed by atoms with van der Waals surface area (Å²) in [5.74, 6) is 0.604. The smallest absolute Gasteiger partial charge is 0.274 e. The van der Waals surface area contributed by atoms with Crippen LogP contribution < -0.4 is 5.32 Å². The molecule has 30 heavy (non-hydrogen) atoms. The lowest BCUT2D eigenvalue weighted by molar-refractivity contribution is -0.119. The normalized spacial score (nSPS) is 18.0. The van der Waals surface area contributed by atoms with Gasteiger partial charge in [0.1, 0.15) is 5.82 Å². The van der Waals surface area contributed by atoms with E-state index in [0.717, 1.165) is 50.3 Å². The molecule has 1 saturated heterocycles. The highest BCUT2D eigenvalue weighted by Crippen LogP contribution is 2.26. The quantitative estimate of drug-likeness (QED) is 0.792. The number of nitrogens with one attached hydrogen (secondary N) is 1. The number of aromatic nitrogens is 2. The number of anilines is 1. The highest BCUT2D eigenvalue weighted by atomic mass is 35.5. The second-order valence-electron chi connectivity index (χ2n) is 8.20. The third-order valence-electron chi connectivity index (χ3n) is 6.06. The molecule has 1 N–H and O–H groups in total. The van der Waals surface area contributed by atoms with E-state index in [9.17, 15) is 9.59 Å². The summed E-state index contributed by atoms with van der Waals surface area (Å²) in [5.41, 5.74) is 1.59. The Morgan fingerprint density at radius 3 is 2.43 bits per heavy atom. The fourth-order valence-electron chi connectivity index (χ4n) is 4.22. The molecule has 0 unspecified atom stereocenters. The number of rotatable bonds is 5. The zero-order chi connectivity index (χ0) is 21.1. The van der Waals surface area contributed by atoms with E-state index < -0.39 is 0 Å². The van der Waals surface area contributed by atoms with Crippen LogP contribution in [0.1, 0.15) is 41.7 Å². The zero-order valence-corrected chi connectivity index (χ0v) is 18.1. The maximum absolute atomic E-state index is 12.9. The van der Waals surface area contributed by atoms with Crippen LogP contribution in [0.25, 0.3) is 0 Å². The Morgan fingerprint density at radius 2 is 1.77 bits per heavy atom. The van der Waals surface area contributed by atoms with Crippen LogP contribution in [0.5, 0.6) is 0 Å². The molecule has 1 aromatic carbocycles. The topological polar surface area (TPSA) is 70.5 Å². The molecule has 4 rings (SSSR count). The molecule has 2 aromatic rings. The molecule has 0 spiro atoms. The van der Waals surface area contributed by atoms with Gasteiger partial charge in [0.2, 0.25) is 5.91 Å². The lowest BCUT2D eigenvalue weighted by Crippen LogP contribution is -2.48. The monoisotopic (exact) mass is 429 g/mol. The van der Waals surface area contributed by atoms with E-state index >= 15 is 0 Å². The number of benzene rings is 1. The Hall–Kier alpha value is -2.38. The molecule has 8 heteroatoms. The average molecular weight is 430 g/mol. The van der Waals surface area contributed by atoms with Crippen LogP contribution in [-0.2, 0) is 18.4 Å². The van der Waals surface area contributed by atoms with Crippen LogP contribution in [0, 0.1) is 5.92 Å². The highest BCUT2D eigenvalue weighted by molar-refractivity contribution is 6.30. The first kappa shape index (κ1) is 20.9. The summed E-state index contributed by atoms with van der Waals surface area (Å²) in [6.45, 7) is 3.79. The molecule has 1 aromatic heterocycles. The Bertz CT molecular complexity index is 897. The van der Waals surface area contributed by atoms with Gasteiger partial charge in [0.25, 0.3) is 5.91 Å². The second-order valence-corrected chi connectivity index (χ2v) is 8.64. The van der Waals surface area contributed by atoms with Crippen LogP contribution >= 0.6 is 11.6 Å². The number of aryl methyl sites for hydroxylation is 1. The Morgan fingerprint density at radius 1 is 1.10 bits per heavy atom. The van der Waals surface area contributed by atoms with Crippen LogP contribution in [0.3, 0.4) is 0 Å². The van der Waals surface area contributed by atoms with Gasteiger partial charge in [-0.15, -0.1) is 0 Å². The van der Waals surface area contributed by atoms with Crippen LogP contribution in [0.2, 0.25) is 5.02 Å². The van der Waals surface area contributed by atoms with E-state index in [1.807, 2.05) is 29.2 Å². The minimum Gasteiger partial charge on any atom is -0.335 e. The molecule has 1 saturated carbocycles. The van der Waals surface area contributed by atoms with E-state index in [1.165, 1.54) is 5.56 Å². The third-order valence-corrected chi connectivity index (χ3v) is 6.31. The number of nitrogens with zero attached hydrogens (tertiary/aromatic N) is 4. The predicted molar refractivity (Wildman–Crippen MR) is 116 cm³/mol. The van der Waals surface area contributed by atoms with Gasteiger partial charge in [-0.05, 0) is 30.5 Å². The number of halogens is 1. The summed E-state index contributed by atoms with van der Waals surface area (Å²) in [5, 5.41) is 8.03. The molecule has 0 bridgehead atoms. The summed E-state index contributed by atoms with van der Waals surface area (Å²) in [4.78, 5) is 29.5. The zero-order valence-electron chi connectivity index (χ0n) is 17.3. The molecule has 2 heterocycles. The van der Waals surface area contributed by atoms with Gasteiger partial charge in [-0.2, -0.15) is 5.10 Å². The number of hydrogen-bond donors (Lipinski definition) is 1. The van der Waals surface area contributed by atoms with Gasteiger partial charge in [0, 0.05) is 56.8 Å².